The van der Waals surface area contributed by atoms with Crippen LogP contribution >= 0.6 is 46.4 Å². The zero-order valence-electron chi connectivity index (χ0n) is 18.9. The number of halogens is 4. The van der Waals surface area contributed by atoms with Gasteiger partial charge in [0, 0.05) is 32.4 Å². The minimum Gasteiger partial charge on any atom is -0.399 e. The largest absolute Gasteiger partial charge is 0.399 e. The molecule has 0 saturated carbocycles. The monoisotopic (exact) mass is 574 g/mol. The molecule has 3 amide bonds. The van der Waals surface area contributed by atoms with Gasteiger partial charge in [0.05, 0.1) is 28.2 Å². The van der Waals surface area contributed by atoms with Crippen molar-refractivity contribution < 1.29 is 14.4 Å². The van der Waals surface area contributed by atoms with Gasteiger partial charge in [-0.1, -0.05) is 58.5 Å². The Kier molecular flexibility index (Phi) is 5.71. The van der Waals surface area contributed by atoms with Crippen LogP contribution in [0.15, 0.2) is 54.6 Å². The molecule has 0 aromatic heterocycles. The van der Waals surface area contributed by atoms with Crippen LogP contribution in [-0.4, -0.2) is 23.8 Å². The normalized spacial score (nSPS) is 26.1. The van der Waals surface area contributed by atoms with Gasteiger partial charge >= 0.3 is 0 Å². The number of carbonyl (C=O) groups excluding carboxylic acids is 3. The lowest BCUT2D eigenvalue weighted by molar-refractivity contribution is -0.130. The molecule has 0 aliphatic carbocycles. The molecule has 4 N–H and O–H groups in total. The zero-order chi connectivity index (χ0) is 26.2. The van der Waals surface area contributed by atoms with Crippen molar-refractivity contribution in [2.24, 2.45) is 11.8 Å². The van der Waals surface area contributed by atoms with Crippen LogP contribution in [0.4, 0.5) is 17.1 Å². The van der Waals surface area contributed by atoms with Crippen molar-refractivity contribution in [1.29, 1.82) is 0 Å². The molecule has 3 aromatic carbocycles. The molecule has 0 radical (unpaired) electrons. The standard InChI is InChI=1S/C26H18Cl4N4O3/c27-12-6-13(28)8-16(7-12)34-23(35)20-19(5-11-1-3-15(31)4-2-11)33-26(21(20)24(34)36)17-9-14(29)10-18(30)22(17)32-25(26)37/h1-4,6-10,19-21,33H,5,31H2,(H,32,37). The number of hydrogen-bond acceptors (Lipinski definition) is 5. The molecule has 2 fully saturated rings. The third-order valence-corrected chi connectivity index (χ3v) is 8.23. The van der Waals surface area contributed by atoms with E-state index < -0.39 is 41.1 Å². The highest BCUT2D eigenvalue weighted by Crippen LogP contribution is 2.55. The van der Waals surface area contributed by atoms with E-state index in [9.17, 15) is 14.4 Å². The molecule has 3 aliphatic heterocycles. The van der Waals surface area contributed by atoms with E-state index >= 15 is 0 Å². The quantitative estimate of drug-likeness (QED) is 0.299. The van der Waals surface area contributed by atoms with Crippen LogP contribution in [0.1, 0.15) is 11.1 Å². The molecule has 188 valence electrons. The van der Waals surface area contributed by atoms with E-state index in [1.54, 1.807) is 18.2 Å². The van der Waals surface area contributed by atoms with Crippen LogP contribution in [0.2, 0.25) is 20.1 Å². The Morgan fingerprint density at radius 1 is 0.865 bits per heavy atom. The summed E-state index contributed by atoms with van der Waals surface area (Å²) in [6.45, 7) is 0. The number of carbonyl (C=O) groups is 3. The van der Waals surface area contributed by atoms with E-state index in [2.05, 4.69) is 10.6 Å². The predicted octanol–water partition coefficient (Wildman–Crippen LogP) is 5.05. The molecule has 4 unspecified atom stereocenters. The van der Waals surface area contributed by atoms with Crippen LogP contribution in [0, 0.1) is 11.8 Å². The maximum Gasteiger partial charge on any atom is 0.250 e. The van der Waals surface area contributed by atoms with Gasteiger partial charge in [0.2, 0.25) is 17.7 Å². The molecule has 6 rings (SSSR count). The number of benzene rings is 3. The summed E-state index contributed by atoms with van der Waals surface area (Å²) in [6.07, 6.45) is 0.364. The van der Waals surface area contributed by atoms with Crippen molar-refractivity contribution in [3.8, 4) is 0 Å². The topological polar surface area (TPSA) is 105 Å². The number of nitrogens with one attached hydrogen (secondary N) is 2. The Morgan fingerprint density at radius 2 is 1.51 bits per heavy atom. The average Bonchev–Trinajstić information content (AvgIpc) is 3.40. The molecule has 2 saturated heterocycles. The third kappa shape index (κ3) is 3.64. The Bertz CT molecular complexity index is 1490. The van der Waals surface area contributed by atoms with Crippen molar-refractivity contribution >= 4 is 81.2 Å². The molecule has 7 nitrogen and oxygen atoms in total. The van der Waals surface area contributed by atoms with Gasteiger partial charge in [-0.05, 0) is 54.4 Å². The highest BCUT2D eigenvalue weighted by atomic mass is 35.5. The molecule has 3 aromatic rings. The van der Waals surface area contributed by atoms with Gasteiger partial charge in [-0.3, -0.25) is 19.7 Å². The summed E-state index contributed by atoms with van der Waals surface area (Å²) in [4.78, 5) is 42.8. The summed E-state index contributed by atoms with van der Waals surface area (Å²) in [6, 6.07) is 14.3. The summed E-state index contributed by atoms with van der Waals surface area (Å²) in [7, 11) is 0. The molecular weight excluding hydrogens is 558 g/mol. The molecule has 0 bridgehead atoms. The van der Waals surface area contributed by atoms with Crippen molar-refractivity contribution in [3.63, 3.8) is 0 Å². The number of anilines is 3. The van der Waals surface area contributed by atoms with Gasteiger partial charge in [-0.15, -0.1) is 0 Å². The molecule has 3 heterocycles. The van der Waals surface area contributed by atoms with Gasteiger partial charge < -0.3 is 11.1 Å². The predicted molar refractivity (Wildman–Crippen MR) is 144 cm³/mol. The van der Waals surface area contributed by atoms with Gasteiger partial charge in [-0.25, -0.2) is 4.90 Å². The molecule has 11 heteroatoms. The van der Waals surface area contributed by atoms with E-state index in [0.717, 1.165) is 10.5 Å². The molecule has 37 heavy (non-hydrogen) atoms. The average molecular weight is 576 g/mol. The van der Waals surface area contributed by atoms with Crippen molar-refractivity contribution in [2.45, 2.75) is 18.0 Å². The van der Waals surface area contributed by atoms with Crippen molar-refractivity contribution in [2.75, 3.05) is 16.0 Å². The second kappa shape index (κ2) is 8.61. The van der Waals surface area contributed by atoms with Crippen molar-refractivity contribution in [3.05, 3.63) is 85.8 Å². The third-order valence-electron chi connectivity index (χ3n) is 7.28. The molecular formula is C26H18Cl4N4O3. The summed E-state index contributed by atoms with van der Waals surface area (Å²) in [5.41, 5.74) is 6.80. The minimum atomic E-state index is -1.56. The van der Waals surface area contributed by atoms with Gasteiger partial charge in [0.1, 0.15) is 5.54 Å². The van der Waals surface area contributed by atoms with E-state index in [-0.39, 0.29) is 20.8 Å². The smallest absolute Gasteiger partial charge is 0.250 e. The number of nitrogens with zero attached hydrogens (tertiary/aromatic N) is 1. The van der Waals surface area contributed by atoms with Crippen LogP contribution in [-0.2, 0) is 26.3 Å². The van der Waals surface area contributed by atoms with E-state index in [1.807, 2.05) is 12.1 Å². The maximum atomic E-state index is 14.1. The summed E-state index contributed by atoms with van der Waals surface area (Å²) in [5, 5.41) is 7.26. The minimum absolute atomic E-state index is 0.239. The van der Waals surface area contributed by atoms with Crippen LogP contribution in [0.3, 0.4) is 0 Å². The molecule has 1 spiro atoms. The number of hydrogen-bond donors (Lipinski definition) is 3. The fourth-order valence-electron chi connectivity index (χ4n) is 5.83. The second-order valence-corrected chi connectivity index (χ2v) is 11.1. The highest BCUT2D eigenvalue weighted by Gasteiger charge is 2.70. The van der Waals surface area contributed by atoms with E-state index in [4.69, 9.17) is 52.1 Å². The van der Waals surface area contributed by atoms with E-state index in [0.29, 0.717) is 28.4 Å². The highest BCUT2D eigenvalue weighted by molar-refractivity contribution is 6.38. The number of imide groups is 1. The Morgan fingerprint density at radius 3 is 2.19 bits per heavy atom. The Balaban J connectivity index is 1.52. The summed E-state index contributed by atoms with van der Waals surface area (Å²) >= 11 is 25.1. The first-order valence-corrected chi connectivity index (χ1v) is 12.9. The van der Waals surface area contributed by atoms with Crippen LogP contribution < -0.4 is 21.3 Å². The fourth-order valence-corrected chi connectivity index (χ4v) is 6.89. The lowest BCUT2D eigenvalue weighted by atomic mass is 9.76. The van der Waals surface area contributed by atoms with Gasteiger partial charge in [-0.2, -0.15) is 0 Å². The maximum absolute atomic E-state index is 14.1. The summed E-state index contributed by atoms with van der Waals surface area (Å²) < 4.78 is 0. The lowest BCUT2D eigenvalue weighted by Crippen LogP contribution is -2.53. The Hall–Kier alpha value is -2.81. The zero-order valence-corrected chi connectivity index (χ0v) is 21.9. The first kappa shape index (κ1) is 24.5. The Labute approximate surface area is 231 Å². The van der Waals surface area contributed by atoms with E-state index in [1.165, 1.54) is 24.3 Å². The fraction of sp³-hybridized carbons (Fsp3) is 0.192. The van der Waals surface area contributed by atoms with Gasteiger partial charge in [0.25, 0.3) is 0 Å². The van der Waals surface area contributed by atoms with Crippen LogP contribution in [0.5, 0.6) is 0 Å². The molecule has 3 aliphatic rings. The van der Waals surface area contributed by atoms with Crippen LogP contribution in [0.25, 0.3) is 0 Å². The number of rotatable bonds is 3. The van der Waals surface area contributed by atoms with Crippen molar-refractivity contribution in [1.82, 2.24) is 5.32 Å². The first-order valence-electron chi connectivity index (χ1n) is 11.4. The molecule has 4 atom stereocenters. The number of nitrogens with two attached hydrogens (primary N) is 1. The van der Waals surface area contributed by atoms with Gasteiger partial charge in [0.15, 0.2) is 0 Å². The SMILES string of the molecule is Nc1ccc(CC2NC3(C(=O)Nc4c(Cl)cc(Cl)cc43)C3C(=O)N(c4cc(Cl)cc(Cl)c4)C(=O)C23)cc1. The number of fused-ring (bicyclic) bond motifs is 4. The first-order chi connectivity index (χ1) is 17.6. The summed E-state index contributed by atoms with van der Waals surface area (Å²) in [5.74, 6) is -3.40. The number of amides is 3. The second-order valence-electron chi connectivity index (χ2n) is 9.41. The number of nitrogen functional groups attached to an aromatic ring is 1. The lowest BCUT2D eigenvalue weighted by Gasteiger charge is -2.29.